The lowest BCUT2D eigenvalue weighted by molar-refractivity contribution is -0.135. The number of carbonyl (C=O) groups excluding carboxylic acids is 2. The fourth-order valence-corrected chi connectivity index (χ4v) is 4.71. The van der Waals surface area contributed by atoms with Crippen LogP contribution in [0.2, 0.25) is 0 Å². The monoisotopic (exact) mass is 415 g/mol. The Morgan fingerprint density at radius 1 is 1.25 bits per heavy atom. The fraction of sp³-hybridized carbons (Fsp3) is 0.263. The molecule has 2 aromatic heterocycles. The second kappa shape index (κ2) is 7.76. The van der Waals surface area contributed by atoms with E-state index in [0.717, 1.165) is 20.8 Å². The number of para-hydroxylation sites is 2. The molecule has 1 atom stereocenters. The van der Waals surface area contributed by atoms with Gasteiger partial charge in [-0.05, 0) is 31.5 Å². The maximum atomic E-state index is 12.3. The molecule has 7 nitrogen and oxygen atoms in total. The van der Waals surface area contributed by atoms with E-state index < -0.39 is 17.9 Å². The first-order valence-electron chi connectivity index (χ1n) is 8.58. The number of nitrogens with zero attached hydrogens (tertiary/aromatic N) is 2. The van der Waals surface area contributed by atoms with E-state index in [4.69, 9.17) is 9.47 Å². The lowest BCUT2D eigenvalue weighted by atomic mass is 10.2. The molecular formula is C19H17N3O4S2. The van der Waals surface area contributed by atoms with Crippen LogP contribution in [-0.4, -0.2) is 40.2 Å². The highest BCUT2D eigenvalue weighted by Crippen LogP contribution is 2.34. The predicted octanol–water partition coefficient (Wildman–Crippen LogP) is 2.88. The molecular weight excluding hydrogens is 398 g/mol. The zero-order valence-corrected chi connectivity index (χ0v) is 16.9. The average Bonchev–Trinajstić information content (AvgIpc) is 3.00. The van der Waals surface area contributed by atoms with Crippen LogP contribution in [-0.2, 0) is 9.59 Å². The number of thioether (sulfide) groups is 1. The van der Waals surface area contributed by atoms with Gasteiger partial charge in [-0.2, -0.15) is 0 Å². The second-order valence-electron chi connectivity index (χ2n) is 6.21. The van der Waals surface area contributed by atoms with Gasteiger partial charge in [-0.15, -0.1) is 11.3 Å². The van der Waals surface area contributed by atoms with Gasteiger partial charge in [0.25, 0.3) is 5.91 Å². The minimum absolute atomic E-state index is 0.0587. The van der Waals surface area contributed by atoms with Crippen LogP contribution in [0.15, 0.2) is 35.6 Å². The lowest BCUT2D eigenvalue weighted by Gasteiger charge is -2.25. The summed E-state index contributed by atoms with van der Waals surface area (Å²) in [6, 6.07) is 7.10. The van der Waals surface area contributed by atoms with Crippen molar-refractivity contribution in [2.45, 2.75) is 25.0 Å². The van der Waals surface area contributed by atoms with Gasteiger partial charge in [-0.1, -0.05) is 23.9 Å². The van der Waals surface area contributed by atoms with E-state index in [1.807, 2.05) is 19.9 Å². The van der Waals surface area contributed by atoms with E-state index in [1.54, 1.807) is 29.5 Å². The molecule has 0 radical (unpaired) electrons. The van der Waals surface area contributed by atoms with Crippen LogP contribution in [0.5, 0.6) is 11.5 Å². The second-order valence-corrected chi connectivity index (χ2v) is 8.37. The molecule has 0 fully saturated rings. The van der Waals surface area contributed by atoms with Gasteiger partial charge in [-0.25, -0.2) is 9.97 Å². The van der Waals surface area contributed by atoms with Gasteiger partial charge in [0.15, 0.2) is 11.5 Å². The van der Waals surface area contributed by atoms with Crippen molar-refractivity contribution in [2.24, 2.45) is 0 Å². The molecule has 28 heavy (non-hydrogen) atoms. The molecule has 0 bridgehead atoms. The quantitative estimate of drug-likeness (QED) is 0.518. The Balaban J connectivity index is 1.37. The van der Waals surface area contributed by atoms with Gasteiger partial charge < -0.3 is 9.47 Å². The van der Waals surface area contributed by atoms with Gasteiger partial charge in [0, 0.05) is 10.3 Å². The summed E-state index contributed by atoms with van der Waals surface area (Å²) in [6.07, 6.45) is 0.629. The normalized spacial score (nSPS) is 15.4. The molecule has 0 aliphatic carbocycles. The Hall–Kier alpha value is -2.65. The summed E-state index contributed by atoms with van der Waals surface area (Å²) in [5, 5.41) is 4.08. The molecule has 1 aliphatic rings. The summed E-state index contributed by atoms with van der Waals surface area (Å²) in [6.45, 7) is 4.11. The van der Waals surface area contributed by atoms with Crippen molar-refractivity contribution in [3.05, 3.63) is 41.0 Å². The van der Waals surface area contributed by atoms with Crippen molar-refractivity contribution >= 4 is 45.1 Å². The molecule has 0 spiro atoms. The standard InChI is InChI=1S/C19H17N3O4S2/c1-10-11(2)28-19-16(10)18(20-9-21-19)27-8-15(23)22-17(24)14-7-25-12-5-3-4-6-13(12)26-14/h3-6,9,14H,7-8H2,1-2H3,(H,22,23,24)/t14-/m0/s1. The van der Waals surface area contributed by atoms with Crippen LogP contribution in [0.25, 0.3) is 10.2 Å². The summed E-state index contributed by atoms with van der Waals surface area (Å²) >= 11 is 2.88. The number of imide groups is 1. The van der Waals surface area contributed by atoms with Crippen LogP contribution in [0, 0.1) is 13.8 Å². The summed E-state index contributed by atoms with van der Waals surface area (Å²) in [4.78, 5) is 35.2. The van der Waals surface area contributed by atoms with Gasteiger partial charge in [0.05, 0.1) is 5.75 Å². The Labute approximate surface area is 169 Å². The smallest absolute Gasteiger partial charge is 0.271 e. The number of thiophene rings is 1. The molecule has 0 unspecified atom stereocenters. The third kappa shape index (κ3) is 3.67. The van der Waals surface area contributed by atoms with Crippen LogP contribution in [0.4, 0.5) is 0 Å². The molecule has 144 valence electrons. The number of aryl methyl sites for hydroxylation is 2. The molecule has 9 heteroatoms. The minimum atomic E-state index is -0.864. The number of fused-ring (bicyclic) bond motifs is 2. The van der Waals surface area contributed by atoms with E-state index >= 15 is 0 Å². The van der Waals surface area contributed by atoms with Crippen molar-refractivity contribution in [1.82, 2.24) is 15.3 Å². The number of hydrogen-bond acceptors (Lipinski definition) is 8. The van der Waals surface area contributed by atoms with E-state index in [0.29, 0.717) is 11.5 Å². The Morgan fingerprint density at radius 2 is 2.04 bits per heavy atom. The molecule has 1 aromatic carbocycles. The number of amides is 2. The zero-order valence-electron chi connectivity index (χ0n) is 15.2. The number of hydrogen-bond donors (Lipinski definition) is 1. The number of rotatable bonds is 4. The van der Waals surface area contributed by atoms with Crippen LogP contribution < -0.4 is 14.8 Å². The molecule has 3 aromatic rings. The molecule has 3 heterocycles. The number of aromatic nitrogens is 2. The lowest BCUT2D eigenvalue weighted by Crippen LogP contribution is -2.46. The minimum Gasteiger partial charge on any atom is -0.485 e. The fourth-order valence-electron chi connectivity index (χ4n) is 2.80. The van der Waals surface area contributed by atoms with Crippen molar-refractivity contribution < 1.29 is 19.1 Å². The number of nitrogens with one attached hydrogen (secondary N) is 1. The maximum absolute atomic E-state index is 12.3. The average molecular weight is 415 g/mol. The molecule has 1 N–H and O–H groups in total. The van der Waals surface area contributed by atoms with Gasteiger partial charge in [0.2, 0.25) is 12.0 Å². The number of benzene rings is 1. The van der Waals surface area contributed by atoms with E-state index in [-0.39, 0.29) is 12.4 Å². The predicted molar refractivity (Wildman–Crippen MR) is 107 cm³/mol. The highest BCUT2D eigenvalue weighted by Gasteiger charge is 2.28. The Bertz CT molecular complexity index is 1070. The van der Waals surface area contributed by atoms with E-state index in [1.165, 1.54) is 23.0 Å². The third-order valence-electron chi connectivity index (χ3n) is 4.33. The Morgan fingerprint density at radius 3 is 2.86 bits per heavy atom. The summed E-state index contributed by atoms with van der Waals surface area (Å²) < 4.78 is 11.1. The highest BCUT2D eigenvalue weighted by molar-refractivity contribution is 8.00. The molecule has 4 rings (SSSR count). The summed E-state index contributed by atoms with van der Waals surface area (Å²) in [5.74, 6) is 0.213. The number of ether oxygens (including phenoxy) is 2. The largest absolute Gasteiger partial charge is 0.485 e. The van der Waals surface area contributed by atoms with Crippen molar-refractivity contribution in [2.75, 3.05) is 12.4 Å². The van der Waals surface area contributed by atoms with Gasteiger partial charge >= 0.3 is 0 Å². The number of carbonyl (C=O) groups is 2. The summed E-state index contributed by atoms with van der Waals surface area (Å²) in [5.41, 5.74) is 1.12. The zero-order chi connectivity index (χ0) is 19.7. The molecule has 0 saturated carbocycles. The van der Waals surface area contributed by atoms with Crippen molar-refractivity contribution in [3.8, 4) is 11.5 Å². The van der Waals surface area contributed by atoms with Crippen LogP contribution in [0.1, 0.15) is 10.4 Å². The van der Waals surface area contributed by atoms with Gasteiger partial charge in [-0.3, -0.25) is 14.9 Å². The molecule has 0 saturated heterocycles. The maximum Gasteiger partial charge on any atom is 0.271 e. The molecule has 2 amide bonds. The van der Waals surface area contributed by atoms with E-state index in [2.05, 4.69) is 15.3 Å². The highest BCUT2D eigenvalue weighted by atomic mass is 32.2. The first-order chi connectivity index (χ1) is 13.5. The first kappa shape index (κ1) is 18.7. The van der Waals surface area contributed by atoms with E-state index in [9.17, 15) is 9.59 Å². The Kier molecular flexibility index (Phi) is 5.19. The van der Waals surface area contributed by atoms with Crippen molar-refractivity contribution in [3.63, 3.8) is 0 Å². The third-order valence-corrected chi connectivity index (χ3v) is 6.44. The summed E-state index contributed by atoms with van der Waals surface area (Å²) in [7, 11) is 0. The van der Waals surface area contributed by atoms with Gasteiger partial charge in [0.1, 0.15) is 22.8 Å². The molecule has 1 aliphatic heterocycles. The van der Waals surface area contributed by atoms with Crippen molar-refractivity contribution in [1.29, 1.82) is 0 Å². The topological polar surface area (TPSA) is 90.4 Å². The van der Waals surface area contributed by atoms with Crippen LogP contribution >= 0.6 is 23.1 Å². The first-order valence-corrected chi connectivity index (χ1v) is 10.4. The van der Waals surface area contributed by atoms with Crippen LogP contribution in [0.3, 0.4) is 0 Å². The SMILES string of the molecule is Cc1sc2ncnc(SCC(=O)NC(=O)[C@@H]3COc4ccccc4O3)c2c1C.